The van der Waals surface area contributed by atoms with Crippen LogP contribution in [0.3, 0.4) is 0 Å². The quantitative estimate of drug-likeness (QED) is 0.513. The minimum Gasteiger partial charge on any atom is -0.494 e. The third kappa shape index (κ3) is 6.11. The largest absolute Gasteiger partial charge is 0.494 e. The zero-order valence-corrected chi connectivity index (χ0v) is 19.1. The molecule has 0 saturated carbocycles. The van der Waals surface area contributed by atoms with Crippen LogP contribution in [0, 0.1) is 6.92 Å². The van der Waals surface area contributed by atoms with E-state index in [4.69, 9.17) is 21.1 Å². The van der Waals surface area contributed by atoms with E-state index in [0.29, 0.717) is 34.5 Å². The smallest absolute Gasteiger partial charge is 0.294 e. The summed E-state index contributed by atoms with van der Waals surface area (Å²) < 4.78 is 12.4. The van der Waals surface area contributed by atoms with Gasteiger partial charge in [-0.25, -0.2) is 4.68 Å². The van der Waals surface area contributed by atoms with Gasteiger partial charge in [-0.1, -0.05) is 11.6 Å². The number of nitrogens with zero attached hydrogens (tertiary/aromatic N) is 2. The lowest BCUT2D eigenvalue weighted by molar-refractivity contribution is -0.128. The number of carbonyl (C=O) groups excluding carboxylic acids is 2. The van der Waals surface area contributed by atoms with E-state index in [-0.39, 0.29) is 5.69 Å². The molecule has 3 aromatic rings. The number of hydrazine groups is 1. The lowest BCUT2D eigenvalue weighted by atomic mass is 10.2. The first-order chi connectivity index (χ1) is 15.8. The summed E-state index contributed by atoms with van der Waals surface area (Å²) in [6.45, 7) is 5.63. The Kier molecular flexibility index (Phi) is 7.68. The van der Waals surface area contributed by atoms with E-state index >= 15 is 0 Å². The van der Waals surface area contributed by atoms with E-state index in [1.165, 1.54) is 17.7 Å². The molecule has 2 N–H and O–H groups in total. The fraction of sp³-hybridized carbons (Fsp3) is 0.217. The molecule has 0 fully saturated rings. The number of aromatic nitrogens is 2. The van der Waals surface area contributed by atoms with Crippen molar-refractivity contribution in [3.63, 3.8) is 0 Å². The molecular weight excluding hydrogens is 448 g/mol. The first-order valence-corrected chi connectivity index (χ1v) is 10.5. The van der Waals surface area contributed by atoms with Crippen LogP contribution < -0.4 is 25.8 Å². The number of rotatable bonds is 7. The van der Waals surface area contributed by atoms with Crippen LogP contribution in [-0.2, 0) is 4.79 Å². The van der Waals surface area contributed by atoms with E-state index in [1.54, 1.807) is 55.5 Å². The molecule has 1 atom stereocenters. The van der Waals surface area contributed by atoms with Crippen LogP contribution in [0.4, 0.5) is 0 Å². The molecule has 10 heteroatoms. The summed E-state index contributed by atoms with van der Waals surface area (Å²) in [5.41, 5.74) is 4.64. The second kappa shape index (κ2) is 10.6. The van der Waals surface area contributed by atoms with Crippen molar-refractivity contribution in [3.05, 3.63) is 81.2 Å². The standard InChI is InChI=1S/C23H23ClN4O5/c1-4-32-18-9-11-19(12-10-18)33-15(3)22(30)25-26-23(31)21-20(29)13-14(2)28(27-21)17-7-5-16(24)6-8-17/h5-13,15H,4H2,1-3H3,(H,25,30)(H,26,31)/t15-/m1/s1. The minimum atomic E-state index is -0.917. The number of amides is 2. The molecule has 3 rings (SSSR count). The van der Waals surface area contributed by atoms with Crippen molar-refractivity contribution in [2.24, 2.45) is 0 Å². The van der Waals surface area contributed by atoms with Gasteiger partial charge in [0.2, 0.25) is 5.43 Å². The molecule has 0 saturated heterocycles. The van der Waals surface area contributed by atoms with Crippen molar-refractivity contribution >= 4 is 23.4 Å². The van der Waals surface area contributed by atoms with E-state index in [0.717, 1.165) is 0 Å². The highest BCUT2D eigenvalue weighted by Gasteiger charge is 2.19. The Labute approximate surface area is 195 Å². The van der Waals surface area contributed by atoms with E-state index in [2.05, 4.69) is 16.0 Å². The molecule has 1 aromatic heterocycles. The fourth-order valence-corrected chi connectivity index (χ4v) is 2.99. The van der Waals surface area contributed by atoms with Gasteiger partial charge in [0.25, 0.3) is 11.8 Å². The van der Waals surface area contributed by atoms with Gasteiger partial charge in [0.1, 0.15) is 11.5 Å². The molecule has 2 amide bonds. The van der Waals surface area contributed by atoms with Gasteiger partial charge in [-0.05, 0) is 69.3 Å². The van der Waals surface area contributed by atoms with Gasteiger partial charge in [0.05, 0.1) is 12.3 Å². The van der Waals surface area contributed by atoms with Gasteiger partial charge < -0.3 is 9.47 Å². The van der Waals surface area contributed by atoms with Crippen molar-refractivity contribution < 1.29 is 19.1 Å². The summed E-state index contributed by atoms with van der Waals surface area (Å²) in [4.78, 5) is 37.1. The van der Waals surface area contributed by atoms with Gasteiger partial charge >= 0.3 is 0 Å². The van der Waals surface area contributed by atoms with Crippen LogP contribution >= 0.6 is 11.6 Å². The Morgan fingerprint density at radius 2 is 1.70 bits per heavy atom. The number of nitrogens with one attached hydrogen (secondary N) is 2. The maximum Gasteiger partial charge on any atom is 0.294 e. The SMILES string of the molecule is CCOc1ccc(O[C@H](C)C(=O)NNC(=O)c2nn(-c3ccc(Cl)cc3)c(C)cc2=O)cc1. The van der Waals surface area contributed by atoms with Crippen molar-refractivity contribution in [2.45, 2.75) is 26.9 Å². The highest BCUT2D eigenvalue weighted by molar-refractivity contribution is 6.30. The second-order valence-electron chi connectivity index (χ2n) is 6.99. The number of aryl methyl sites for hydroxylation is 1. The summed E-state index contributed by atoms with van der Waals surface area (Å²) in [5, 5.41) is 4.68. The predicted octanol–water partition coefficient (Wildman–Crippen LogP) is 2.82. The first-order valence-electron chi connectivity index (χ1n) is 10.1. The maximum atomic E-state index is 12.5. The van der Waals surface area contributed by atoms with Crippen LogP contribution in [0.1, 0.15) is 30.0 Å². The summed E-state index contributed by atoms with van der Waals surface area (Å²) >= 11 is 5.91. The molecule has 0 aliphatic heterocycles. The topological polar surface area (TPSA) is 112 Å². The van der Waals surface area contributed by atoms with Crippen molar-refractivity contribution in [1.29, 1.82) is 0 Å². The molecular formula is C23H23ClN4O5. The lowest BCUT2D eigenvalue weighted by Crippen LogP contribution is -2.48. The zero-order valence-electron chi connectivity index (χ0n) is 18.3. The van der Waals surface area contributed by atoms with E-state index in [9.17, 15) is 14.4 Å². The monoisotopic (exact) mass is 470 g/mol. The molecule has 0 bridgehead atoms. The highest BCUT2D eigenvalue weighted by atomic mass is 35.5. The Bertz CT molecular complexity index is 1190. The van der Waals surface area contributed by atoms with Gasteiger partial charge in [0.15, 0.2) is 11.8 Å². The molecule has 33 heavy (non-hydrogen) atoms. The third-order valence-corrected chi connectivity index (χ3v) is 4.76. The second-order valence-corrected chi connectivity index (χ2v) is 7.43. The summed E-state index contributed by atoms with van der Waals surface area (Å²) in [5.74, 6) is -0.325. The average molecular weight is 471 g/mol. The van der Waals surface area contributed by atoms with Gasteiger partial charge in [-0.3, -0.25) is 25.2 Å². The molecule has 9 nitrogen and oxygen atoms in total. The maximum absolute atomic E-state index is 12.5. The van der Waals surface area contributed by atoms with Crippen molar-refractivity contribution in [2.75, 3.05) is 6.61 Å². The summed E-state index contributed by atoms with van der Waals surface area (Å²) in [6.07, 6.45) is -0.917. The molecule has 2 aromatic carbocycles. The van der Waals surface area contributed by atoms with Crippen molar-refractivity contribution in [3.8, 4) is 17.2 Å². The van der Waals surface area contributed by atoms with Crippen LogP contribution in [0.2, 0.25) is 5.02 Å². The molecule has 0 radical (unpaired) electrons. The Balaban J connectivity index is 1.64. The van der Waals surface area contributed by atoms with Crippen LogP contribution in [0.5, 0.6) is 11.5 Å². The average Bonchev–Trinajstić information content (AvgIpc) is 2.79. The fourth-order valence-electron chi connectivity index (χ4n) is 2.87. The van der Waals surface area contributed by atoms with Gasteiger partial charge in [-0.2, -0.15) is 5.10 Å². The van der Waals surface area contributed by atoms with E-state index in [1.807, 2.05) is 6.92 Å². The Morgan fingerprint density at radius 1 is 1.06 bits per heavy atom. The first kappa shape index (κ1) is 23.8. The Morgan fingerprint density at radius 3 is 2.33 bits per heavy atom. The number of halogens is 1. The molecule has 172 valence electrons. The zero-order chi connectivity index (χ0) is 24.0. The molecule has 0 aliphatic carbocycles. The van der Waals surface area contributed by atoms with Gasteiger partial charge in [0, 0.05) is 16.8 Å². The molecule has 0 spiro atoms. The van der Waals surface area contributed by atoms with Crippen molar-refractivity contribution in [1.82, 2.24) is 20.6 Å². The van der Waals surface area contributed by atoms with Gasteiger partial charge in [-0.15, -0.1) is 0 Å². The number of hydrogen-bond acceptors (Lipinski definition) is 6. The van der Waals surface area contributed by atoms with E-state index < -0.39 is 23.3 Å². The molecule has 0 unspecified atom stereocenters. The third-order valence-electron chi connectivity index (χ3n) is 4.51. The minimum absolute atomic E-state index is 0.379. The summed E-state index contributed by atoms with van der Waals surface area (Å²) in [6, 6.07) is 14.8. The number of carbonyl (C=O) groups is 2. The number of benzene rings is 2. The lowest BCUT2D eigenvalue weighted by Gasteiger charge is -2.16. The Hall–Kier alpha value is -3.85. The van der Waals surface area contributed by atoms with Crippen LogP contribution in [-0.4, -0.2) is 34.3 Å². The number of ether oxygens (including phenoxy) is 2. The van der Waals surface area contributed by atoms with Crippen LogP contribution in [0.25, 0.3) is 5.69 Å². The molecule has 0 aliphatic rings. The molecule has 1 heterocycles. The highest BCUT2D eigenvalue weighted by Crippen LogP contribution is 2.18. The summed E-state index contributed by atoms with van der Waals surface area (Å²) in [7, 11) is 0. The normalized spacial score (nSPS) is 11.4. The number of hydrogen-bond donors (Lipinski definition) is 2. The van der Waals surface area contributed by atoms with Crippen LogP contribution in [0.15, 0.2) is 59.4 Å². The predicted molar refractivity (Wildman–Crippen MR) is 123 cm³/mol.